The normalized spacial score (nSPS) is 11.8. The smallest absolute Gasteiger partial charge is 0.252 e. The number of nitrogens with one attached hydrogen (secondary N) is 1. The molecule has 0 unspecified atom stereocenters. The minimum absolute atomic E-state index is 0.0731. The standard InChI is InChI=1S/C27H26FN5O4/c1-37-16-33-24(17-8-10-18(28)11-9-17)14-23(32-33)25-21(26(29)35)6-4-7-22(25)27(36)31-20(15-34)13-19-5-2-3-12-30-19/h2-12,14,20,34H,13,15-16H2,1H3,(H2,29,35)(H,31,36)/t20-/m1/s1. The molecule has 0 spiro atoms. The fourth-order valence-corrected chi connectivity index (χ4v) is 4.03. The molecule has 190 valence electrons. The van der Waals surface area contributed by atoms with Crippen LogP contribution >= 0.6 is 0 Å². The Kier molecular flexibility index (Phi) is 8.02. The van der Waals surface area contributed by atoms with Crippen molar-refractivity contribution >= 4 is 11.8 Å². The lowest BCUT2D eigenvalue weighted by molar-refractivity contribution is 0.0916. The minimum atomic E-state index is -0.735. The first-order chi connectivity index (χ1) is 17.9. The number of hydrogen-bond donors (Lipinski definition) is 3. The van der Waals surface area contributed by atoms with E-state index in [1.807, 2.05) is 6.07 Å². The number of aromatic nitrogens is 3. The van der Waals surface area contributed by atoms with E-state index in [4.69, 9.17) is 10.5 Å². The average Bonchev–Trinajstić information content (AvgIpc) is 3.32. The van der Waals surface area contributed by atoms with E-state index in [9.17, 15) is 19.1 Å². The monoisotopic (exact) mass is 503 g/mol. The van der Waals surface area contributed by atoms with E-state index in [-0.39, 0.29) is 35.8 Å². The van der Waals surface area contributed by atoms with E-state index < -0.39 is 17.9 Å². The fourth-order valence-electron chi connectivity index (χ4n) is 4.03. The number of nitrogens with zero attached hydrogens (tertiary/aromatic N) is 3. The molecule has 0 aliphatic carbocycles. The van der Waals surface area contributed by atoms with Gasteiger partial charge in [0.25, 0.3) is 5.91 Å². The predicted octanol–water partition coefficient (Wildman–Crippen LogP) is 2.79. The van der Waals surface area contributed by atoms with Crippen molar-refractivity contribution in [1.82, 2.24) is 20.1 Å². The second kappa shape index (κ2) is 11.5. The lowest BCUT2D eigenvalue weighted by Gasteiger charge is -2.18. The molecule has 0 aliphatic rings. The predicted molar refractivity (Wildman–Crippen MR) is 135 cm³/mol. The lowest BCUT2D eigenvalue weighted by atomic mass is 9.96. The first kappa shape index (κ1) is 25.7. The van der Waals surface area contributed by atoms with E-state index in [1.54, 1.807) is 53.3 Å². The molecule has 0 saturated carbocycles. The Morgan fingerprint density at radius 3 is 2.51 bits per heavy atom. The molecule has 4 aromatic rings. The summed E-state index contributed by atoms with van der Waals surface area (Å²) in [6.07, 6.45) is 1.94. The van der Waals surface area contributed by atoms with Gasteiger partial charge in [-0.05, 0) is 54.6 Å². The number of aliphatic hydroxyl groups excluding tert-OH is 1. The largest absolute Gasteiger partial charge is 0.394 e. The third-order valence-electron chi connectivity index (χ3n) is 5.74. The highest BCUT2D eigenvalue weighted by Gasteiger charge is 2.24. The molecule has 2 amide bonds. The van der Waals surface area contributed by atoms with Gasteiger partial charge in [-0.3, -0.25) is 14.6 Å². The first-order valence-electron chi connectivity index (χ1n) is 11.5. The zero-order valence-electron chi connectivity index (χ0n) is 20.1. The maximum Gasteiger partial charge on any atom is 0.252 e. The van der Waals surface area contributed by atoms with Crippen LogP contribution in [0.15, 0.2) is 72.9 Å². The van der Waals surface area contributed by atoms with Gasteiger partial charge in [0.1, 0.15) is 12.5 Å². The summed E-state index contributed by atoms with van der Waals surface area (Å²) in [6.45, 7) is -0.242. The van der Waals surface area contributed by atoms with Crippen LogP contribution in [0.2, 0.25) is 0 Å². The number of primary amides is 1. The van der Waals surface area contributed by atoms with Crippen molar-refractivity contribution in [2.24, 2.45) is 5.73 Å². The van der Waals surface area contributed by atoms with Gasteiger partial charge >= 0.3 is 0 Å². The summed E-state index contributed by atoms with van der Waals surface area (Å²) >= 11 is 0. The molecule has 0 radical (unpaired) electrons. The molecule has 0 aliphatic heterocycles. The van der Waals surface area contributed by atoms with Gasteiger partial charge in [-0.1, -0.05) is 12.1 Å². The topological polar surface area (TPSA) is 132 Å². The third-order valence-corrected chi connectivity index (χ3v) is 5.74. The van der Waals surface area contributed by atoms with Crippen LogP contribution < -0.4 is 11.1 Å². The lowest BCUT2D eigenvalue weighted by Crippen LogP contribution is -2.39. The zero-order valence-corrected chi connectivity index (χ0v) is 20.1. The molecular formula is C27H26FN5O4. The number of carbonyl (C=O) groups excluding carboxylic acids is 2. The number of amides is 2. The van der Waals surface area contributed by atoms with Crippen LogP contribution in [0.1, 0.15) is 26.4 Å². The van der Waals surface area contributed by atoms with Gasteiger partial charge in [-0.15, -0.1) is 0 Å². The summed E-state index contributed by atoms with van der Waals surface area (Å²) in [4.78, 5) is 30.0. The van der Waals surface area contributed by atoms with E-state index in [0.29, 0.717) is 29.1 Å². The SMILES string of the molecule is COCn1nc(-c2c(C(N)=O)cccc2C(=O)N[C@@H](CO)Cc2ccccn2)cc1-c1ccc(F)cc1. The molecule has 9 nitrogen and oxygen atoms in total. The molecule has 4 N–H and O–H groups in total. The molecule has 10 heteroatoms. The Morgan fingerprint density at radius 2 is 1.86 bits per heavy atom. The van der Waals surface area contributed by atoms with Crippen molar-refractivity contribution < 1.29 is 23.8 Å². The number of aliphatic hydroxyl groups is 1. The Bertz CT molecular complexity index is 1390. The fraction of sp³-hybridized carbons (Fsp3) is 0.185. The molecule has 0 saturated heterocycles. The van der Waals surface area contributed by atoms with Crippen molar-refractivity contribution in [2.75, 3.05) is 13.7 Å². The van der Waals surface area contributed by atoms with Gasteiger partial charge in [-0.2, -0.15) is 5.10 Å². The van der Waals surface area contributed by atoms with Crippen LogP contribution in [-0.2, 0) is 17.9 Å². The number of carbonyl (C=O) groups is 2. The molecule has 1 atom stereocenters. The summed E-state index contributed by atoms with van der Waals surface area (Å²) in [6, 6.07) is 16.9. The van der Waals surface area contributed by atoms with Crippen molar-refractivity contribution in [3.8, 4) is 22.5 Å². The number of methoxy groups -OCH3 is 1. The van der Waals surface area contributed by atoms with Gasteiger partial charge in [0.2, 0.25) is 5.91 Å². The number of nitrogens with two attached hydrogens (primary N) is 1. The van der Waals surface area contributed by atoms with Crippen molar-refractivity contribution in [3.05, 3.63) is 95.6 Å². The molecular weight excluding hydrogens is 477 g/mol. The van der Waals surface area contributed by atoms with Gasteiger partial charge < -0.3 is 20.9 Å². The van der Waals surface area contributed by atoms with E-state index in [0.717, 1.165) is 0 Å². The van der Waals surface area contributed by atoms with E-state index in [1.165, 1.54) is 25.3 Å². The summed E-state index contributed by atoms with van der Waals surface area (Å²) < 4.78 is 20.3. The van der Waals surface area contributed by atoms with Crippen LogP contribution in [0, 0.1) is 5.82 Å². The molecule has 0 bridgehead atoms. The quantitative estimate of drug-likeness (QED) is 0.305. The van der Waals surface area contributed by atoms with Gasteiger partial charge in [-0.25, -0.2) is 9.07 Å². The maximum absolute atomic E-state index is 13.5. The van der Waals surface area contributed by atoms with E-state index >= 15 is 0 Å². The summed E-state index contributed by atoms with van der Waals surface area (Å²) in [5, 5.41) is 17.3. The van der Waals surface area contributed by atoms with E-state index in [2.05, 4.69) is 15.4 Å². The second-order valence-electron chi connectivity index (χ2n) is 8.31. The highest BCUT2D eigenvalue weighted by Crippen LogP contribution is 2.31. The first-order valence-corrected chi connectivity index (χ1v) is 11.5. The molecule has 2 aromatic heterocycles. The number of rotatable bonds is 10. The van der Waals surface area contributed by atoms with Gasteiger partial charge in [0.05, 0.1) is 24.0 Å². The van der Waals surface area contributed by atoms with Crippen LogP contribution in [0.4, 0.5) is 4.39 Å². The second-order valence-corrected chi connectivity index (χ2v) is 8.31. The van der Waals surface area contributed by atoms with Crippen LogP contribution in [0.5, 0.6) is 0 Å². The van der Waals surface area contributed by atoms with Crippen LogP contribution in [0.3, 0.4) is 0 Å². The summed E-state index contributed by atoms with van der Waals surface area (Å²) in [5.41, 5.74) is 8.42. The zero-order chi connectivity index (χ0) is 26.4. The number of benzene rings is 2. The highest BCUT2D eigenvalue weighted by atomic mass is 19.1. The van der Waals surface area contributed by atoms with Gasteiger partial charge in [0.15, 0.2) is 0 Å². The Labute approximate surface area is 212 Å². The molecule has 2 heterocycles. The molecule has 0 fully saturated rings. The molecule has 2 aromatic carbocycles. The minimum Gasteiger partial charge on any atom is -0.394 e. The van der Waals surface area contributed by atoms with Crippen molar-refractivity contribution in [1.29, 1.82) is 0 Å². The van der Waals surface area contributed by atoms with Crippen molar-refractivity contribution in [3.63, 3.8) is 0 Å². The molecule has 4 rings (SSSR count). The average molecular weight is 504 g/mol. The third kappa shape index (κ3) is 5.88. The number of pyridine rings is 1. The van der Waals surface area contributed by atoms with Crippen LogP contribution in [-0.4, -0.2) is 51.4 Å². The van der Waals surface area contributed by atoms with Crippen molar-refractivity contribution in [2.45, 2.75) is 19.2 Å². The summed E-state index contributed by atoms with van der Waals surface area (Å²) in [7, 11) is 1.50. The number of halogens is 1. The summed E-state index contributed by atoms with van der Waals surface area (Å²) in [5.74, 6) is -1.64. The Balaban J connectivity index is 1.75. The Morgan fingerprint density at radius 1 is 1.11 bits per heavy atom. The van der Waals surface area contributed by atoms with Gasteiger partial charge in [0, 0.05) is 47.7 Å². The number of hydrogen-bond acceptors (Lipinski definition) is 6. The Hall–Kier alpha value is -4.41. The number of ether oxygens (including phenoxy) is 1. The maximum atomic E-state index is 13.5. The highest BCUT2D eigenvalue weighted by molar-refractivity contribution is 6.08. The van der Waals surface area contributed by atoms with Crippen LogP contribution in [0.25, 0.3) is 22.5 Å². The molecule has 37 heavy (non-hydrogen) atoms.